The summed E-state index contributed by atoms with van der Waals surface area (Å²) in [4.78, 5) is 17.5. The van der Waals surface area contributed by atoms with E-state index in [1.54, 1.807) is 13.1 Å². The van der Waals surface area contributed by atoms with Crippen LogP contribution < -0.4 is 16.0 Å². The molecule has 5 nitrogen and oxygen atoms in total. The van der Waals surface area contributed by atoms with Crippen LogP contribution in [0.1, 0.15) is 31.5 Å². The van der Waals surface area contributed by atoms with E-state index in [0.29, 0.717) is 11.5 Å². The Balaban J connectivity index is 3.28. The van der Waals surface area contributed by atoms with E-state index in [2.05, 4.69) is 23.8 Å². The van der Waals surface area contributed by atoms with Gasteiger partial charge in [0.1, 0.15) is 5.82 Å². The summed E-state index contributed by atoms with van der Waals surface area (Å²) in [5.74, 6) is 0.341. The van der Waals surface area contributed by atoms with E-state index in [9.17, 15) is 4.79 Å². The topological polar surface area (TPSA) is 71.2 Å². The van der Waals surface area contributed by atoms with Gasteiger partial charge in [-0.25, -0.2) is 9.69 Å². The molecule has 1 unspecified atom stereocenters. The third-order valence-corrected chi connectivity index (χ3v) is 2.88. The minimum absolute atomic E-state index is 0.341. The number of carbonyl (C=O) groups excluding carboxylic acids is 1. The molecule has 1 atom stereocenters. The highest BCUT2D eigenvalue weighted by Gasteiger charge is 2.22. The highest BCUT2D eigenvalue weighted by Crippen LogP contribution is 2.26. The summed E-state index contributed by atoms with van der Waals surface area (Å²) in [6.45, 7) is 9.54. The van der Waals surface area contributed by atoms with Crippen molar-refractivity contribution < 1.29 is 4.79 Å². The van der Waals surface area contributed by atoms with Crippen molar-refractivity contribution in [3.63, 3.8) is 0 Å². The SMILES string of the molecule is C=C(NC(C)Cl)N(C(N)=O)c1c(C)ccnc1CCC. The Morgan fingerprint density at radius 2 is 2.30 bits per heavy atom. The van der Waals surface area contributed by atoms with E-state index in [1.165, 1.54) is 4.90 Å². The number of alkyl halides is 1. The van der Waals surface area contributed by atoms with Gasteiger partial charge in [-0.15, -0.1) is 0 Å². The summed E-state index contributed by atoms with van der Waals surface area (Å²) in [7, 11) is 0. The predicted octanol–water partition coefficient (Wildman–Crippen LogP) is 2.87. The van der Waals surface area contributed by atoms with Crippen LogP contribution in [0.4, 0.5) is 10.5 Å². The van der Waals surface area contributed by atoms with Crippen LogP contribution in [-0.2, 0) is 6.42 Å². The largest absolute Gasteiger partial charge is 0.356 e. The van der Waals surface area contributed by atoms with Gasteiger partial charge in [0.2, 0.25) is 0 Å². The zero-order valence-corrected chi connectivity index (χ0v) is 12.9. The van der Waals surface area contributed by atoms with Crippen molar-refractivity contribution in [2.75, 3.05) is 4.90 Å². The predicted molar refractivity (Wildman–Crippen MR) is 82.6 cm³/mol. The van der Waals surface area contributed by atoms with Gasteiger partial charge >= 0.3 is 6.03 Å². The first-order chi connectivity index (χ1) is 9.38. The fourth-order valence-electron chi connectivity index (χ4n) is 2.00. The van der Waals surface area contributed by atoms with Crippen LogP contribution in [0, 0.1) is 6.92 Å². The first-order valence-corrected chi connectivity index (χ1v) is 6.95. The van der Waals surface area contributed by atoms with Crippen molar-refractivity contribution in [2.24, 2.45) is 5.73 Å². The first-order valence-electron chi connectivity index (χ1n) is 6.52. The molecule has 0 aromatic carbocycles. The minimum Gasteiger partial charge on any atom is -0.356 e. The molecule has 0 aliphatic rings. The molecule has 3 N–H and O–H groups in total. The second kappa shape index (κ2) is 7.14. The molecule has 0 aliphatic carbocycles. The molecule has 2 amide bonds. The van der Waals surface area contributed by atoms with E-state index in [4.69, 9.17) is 17.3 Å². The molecule has 1 rings (SSSR count). The Morgan fingerprint density at radius 3 is 2.80 bits per heavy atom. The lowest BCUT2D eigenvalue weighted by molar-refractivity contribution is 0.255. The van der Waals surface area contributed by atoms with Crippen LogP contribution in [0.3, 0.4) is 0 Å². The van der Waals surface area contributed by atoms with Crippen molar-refractivity contribution in [3.05, 3.63) is 35.9 Å². The minimum atomic E-state index is -0.617. The molecule has 0 bridgehead atoms. The van der Waals surface area contributed by atoms with E-state index >= 15 is 0 Å². The van der Waals surface area contributed by atoms with Crippen LogP contribution in [0.5, 0.6) is 0 Å². The second-order valence-corrected chi connectivity index (χ2v) is 5.21. The zero-order valence-electron chi connectivity index (χ0n) is 12.1. The van der Waals surface area contributed by atoms with Crippen molar-refractivity contribution in [2.45, 2.75) is 39.1 Å². The quantitative estimate of drug-likeness (QED) is 0.626. The monoisotopic (exact) mass is 296 g/mol. The molecule has 6 heteroatoms. The number of halogens is 1. The molecule has 0 aliphatic heterocycles. The van der Waals surface area contributed by atoms with Crippen molar-refractivity contribution in [1.29, 1.82) is 0 Å². The number of nitrogens with two attached hydrogens (primary N) is 1. The third kappa shape index (κ3) is 3.87. The van der Waals surface area contributed by atoms with Gasteiger partial charge in [-0.1, -0.05) is 31.5 Å². The lowest BCUT2D eigenvalue weighted by Gasteiger charge is -2.27. The molecule has 0 radical (unpaired) electrons. The maximum absolute atomic E-state index is 11.8. The number of hydrogen-bond acceptors (Lipinski definition) is 3. The zero-order chi connectivity index (χ0) is 15.3. The number of aromatic nitrogens is 1. The Hall–Kier alpha value is -1.75. The van der Waals surface area contributed by atoms with Gasteiger partial charge in [0, 0.05) is 6.20 Å². The summed E-state index contributed by atoms with van der Waals surface area (Å²) in [5, 5.41) is 2.89. The van der Waals surface area contributed by atoms with Crippen LogP contribution in [0.15, 0.2) is 24.7 Å². The Morgan fingerprint density at radius 1 is 1.65 bits per heavy atom. The standard InChI is InChI=1S/C14H21ClN4O/c1-5-6-12-13(9(2)7-8-17-12)19(14(16)20)11(4)18-10(3)15/h7-8,10,18H,4-6H2,1-3H3,(H2,16,20). The van der Waals surface area contributed by atoms with Crippen molar-refractivity contribution in [3.8, 4) is 0 Å². The Kier molecular flexibility index (Phi) is 5.82. The maximum atomic E-state index is 11.8. The summed E-state index contributed by atoms with van der Waals surface area (Å²) >= 11 is 5.88. The first kappa shape index (κ1) is 16.3. The van der Waals surface area contributed by atoms with E-state index < -0.39 is 6.03 Å². The summed E-state index contributed by atoms with van der Waals surface area (Å²) in [6.07, 6.45) is 3.40. The average Bonchev–Trinajstić information content (AvgIpc) is 2.32. The third-order valence-electron chi connectivity index (χ3n) is 2.77. The Labute approximate surface area is 124 Å². The van der Waals surface area contributed by atoms with E-state index in [0.717, 1.165) is 24.1 Å². The lowest BCUT2D eigenvalue weighted by Crippen LogP contribution is -2.42. The maximum Gasteiger partial charge on any atom is 0.325 e. The number of hydrogen-bond donors (Lipinski definition) is 2. The molecular weight excluding hydrogens is 276 g/mol. The normalized spacial score (nSPS) is 11.8. The molecule has 20 heavy (non-hydrogen) atoms. The summed E-state index contributed by atoms with van der Waals surface area (Å²) in [6, 6.07) is 1.22. The number of amides is 2. The number of primary amides is 1. The Bertz CT molecular complexity index is 502. The highest BCUT2D eigenvalue weighted by molar-refractivity contribution is 6.20. The van der Waals surface area contributed by atoms with Gasteiger partial charge in [0.05, 0.1) is 16.9 Å². The number of carbonyl (C=O) groups is 1. The number of nitrogens with one attached hydrogen (secondary N) is 1. The number of nitrogens with zero attached hydrogens (tertiary/aromatic N) is 2. The van der Waals surface area contributed by atoms with Crippen LogP contribution in [-0.4, -0.2) is 16.5 Å². The molecule has 0 saturated heterocycles. The van der Waals surface area contributed by atoms with Gasteiger partial charge in [-0.2, -0.15) is 0 Å². The van der Waals surface area contributed by atoms with Crippen LogP contribution in [0.2, 0.25) is 0 Å². The second-order valence-electron chi connectivity index (χ2n) is 4.55. The summed E-state index contributed by atoms with van der Waals surface area (Å²) in [5.41, 5.74) is 7.53. The molecule has 1 aromatic heterocycles. The number of pyridine rings is 1. The fourth-order valence-corrected chi connectivity index (χ4v) is 2.13. The van der Waals surface area contributed by atoms with Gasteiger partial charge in [0.25, 0.3) is 0 Å². The molecule has 0 saturated carbocycles. The van der Waals surface area contributed by atoms with Gasteiger partial charge in [-0.3, -0.25) is 4.98 Å². The smallest absolute Gasteiger partial charge is 0.325 e. The summed E-state index contributed by atoms with van der Waals surface area (Å²) < 4.78 is 0. The fraction of sp³-hybridized carbons (Fsp3) is 0.429. The molecule has 1 heterocycles. The molecule has 0 spiro atoms. The molecular formula is C14H21ClN4O. The number of anilines is 1. The number of rotatable bonds is 6. The van der Waals surface area contributed by atoms with Crippen LogP contribution >= 0.6 is 11.6 Å². The van der Waals surface area contributed by atoms with E-state index in [1.807, 2.05) is 13.0 Å². The van der Waals surface area contributed by atoms with Gasteiger partial charge < -0.3 is 11.1 Å². The van der Waals surface area contributed by atoms with Crippen molar-refractivity contribution >= 4 is 23.3 Å². The van der Waals surface area contributed by atoms with Crippen LogP contribution in [0.25, 0.3) is 0 Å². The highest BCUT2D eigenvalue weighted by atomic mass is 35.5. The van der Waals surface area contributed by atoms with E-state index in [-0.39, 0.29) is 5.50 Å². The van der Waals surface area contributed by atoms with Crippen molar-refractivity contribution in [1.82, 2.24) is 10.3 Å². The lowest BCUT2D eigenvalue weighted by atomic mass is 10.1. The van der Waals surface area contributed by atoms with Gasteiger partial charge in [0.15, 0.2) is 0 Å². The molecule has 110 valence electrons. The number of urea groups is 1. The molecule has 0 fully saturated rings. The number of aryl methyl sites for hydroxylation is 2. The molecule has 1 aromatic rings. The van der Waals surface area contributed by atoms with Gasteiger partial charge in [-0.05, 0) is 31.9 Å². The average molecular weight is 297 g/mol.